The molecule has 1 N–H and O–H groups in total. The van der Waals surface area contributed by atoms with Crippen molar-refractivity contribution in [2.24, 2.45) is 0 Å². The van der Waals surface area contributed by atoms with Gasteiger partial charge in [-0.3, -0.25) is 9.59 Å². The molecule has 0 saturated carbocycles. The summed E-state index contributed by atoms with van der Waals surface area (Å²) in [6, 6.07) is 7.12. The highest BCUT2D eigenvalue weighted by molar-refractivity contribution is 5.94. The maximum atomic E-state index is 11.7. The van der Waals surface area contributed by atoms with Gasteiger partial charge in [0.25, 0.3) is 0 Å². The SMILES string of the molecule is CC(C)Oc1ccc(N(C)C(=O)CCC(=O)O)cc1. The van der Waals surface area contributed by atoms with Gasteiger partial charge in [0.05, 0.1) is 12.5 Å². The molecule has 0 bridgehead atoms. The van der Waals surface area contributed by atoms with Crippen molar-refractivity contribution in [1.29, 1.82) is 0 Å². The Bertz CT molecular complexity index is 439. The third-order valence-electron chi connectivity index (χ3n) is 2.52. The Hall–Kier alpha value is -2.04. The quantitative estimate of drug-likeness (QED) is 0.857. The molecule has 5 nitrogen and oxygen atoms in total. The number of benzene rings is 1. The average Bonchev–Trinajstić information content (AvgIpc) is 2.35. The summed E-state index contributed by atoms with van der Waals surface area (Å²) in [7, 11) is 1.63. The summed E-state index contributed by atoms with van der Waals surface area (Å²) in [5, 5.41) is 8.55. The van der Waals surface area contributed by atoms with Crippen LogP contribution in [0.4, 0.5) is 5.69 Å². The summed E-state index contributed by atoms with van der Waals surface area (Å²) in [5.74, 6) is -0.451. The normalized spacial score (nSPS) is 10.3. The largest absolute Gasteiger partial charge is 0.491 e. The summed E-state index contributed by atoms with van der Waals surface area (Å²) in [6.45, 7) is 3.88. The number of carbonyl (C=O) groups is 2. The summed E-state index contributed by atoms with van der Waals surface area (Å²) >= 11 is 0. The molecule has 0 aromatic heterocycles. The van der Waals surface area contributed by atoms with E-state index in [-0.39, 0.29) is 24.9 Å². The number of rotatable bonds is 6. The van der Waals surface area contributed by atoms with E-state index in [9.17, 15) is 9.59 Å². The first kappa shape index (κ1) is 15.0. The molecule has 104 valence electrons. The zero-order valence-corrected chi connectivity index (χ0v) is 11.4. The first-order valence-electron chi connectivity index (χ1n) is 6.15. The van der Waals surface area contributed by atoms with Gasteiger partial charge in [-0.2, -0.15) is 0 Å². The van der Waals surface area contributed by atoms with Crippen LogP contribution >= 0.6 is 0 Å². The van der Waals surface area contributed by atoms with Crippen molar-refractivity contribution in [3.05, 3.63) is 24.3 Å². The van der Waals surface area contributed by atoms with Gasteiger partial charge in [-0.15, -0.1) is 0 Å². The first-order chi connectivity index (χ1) is 8.90. The first-order valence-corrected chi connectivity index (χ1v) is 6.15. The standard InChI is InChI=1S/C14H19NO4/c1-10(2)19-12-6-4-11(5-7-12)15(3)13(16)8-9-14(17)18/h4-7,10H,8-9H2,1-3H3,(H,17,18). The molecule has 0 atom stereocenters. The molecule has 0 heterocycles. The van der Waals surface area contributed by atoms with E-state index in [1.165, 1.54) is 4.90 Å². The summed E-state index contributed by atoms with van der Waals surface area (Å²) in [4.78, 5) is 23.6. The molecule has 0 fully saturated rings. The lowest BCUT2D eigenvalue weighted by molar-refractivity contribution is -0.138. The molecular weight excluding hydrogens is 246 g/mol. The molecule has 1 amide bonds. The number of aliphatic carboxylic acids is 1. The van der Waals surface area contributed by atoms with Crippen LogP contribution in [-0.4, -0.2) is 30.1 Å². The van der Waals surface area contributed by atoms with Crippen LogP contribution in [-0.2, 0) is 9.59 Å². The number of carboxylic acid groups (broad SMARTS) is 1. The Labute approximate surface area is 112 Å². The van der Waals surface area contributed by atoms with E-state index in [4.69, 9.17) is 9.84 Å². The van der Waals surface area contributed by atoms with E-state index in [2.05, 4.69) is 0 Å². The Morgan fingerprint density at radius 1 is 1.21 bits per heavy atom. The third kappa shape index (κ3) is 4.99. The van der Waals surface area contributed by atoms with Crippen LogP contribution in [0.3, 0.4) is 0 Å². The lowest BCUT2D eigenvalue weighted by atomic mass is 10.2. The molecule has 1 aromatic rings. The summed E-state index contributed by atoms with van der Waals surface area (Å²) < 4.78 is 5.51. The van der Waals surface area contributed by atoms with Gasteiger partial charge in [0, 0.05) is 19.2 Å². The fourth-order valence-electron chi connectivity index (χ4n) is 1.55. The van der Waals surface area contributed by atoms with Gasteiger partial charge in [0.15, 0.2) is 0 Å². The van der Waals surface area contributed by atoms with Crippen LogP contribution in [0.15, 0.2) is 24.3 Å². The van der Waals surface area contributed by atoms with Crippen LogP contribution < -0.4 is 9.64 Å². The fraction of sp³-hybridized carbons (Fsp3) is 0.429. The highest BCUT2D eigenvalue weighted by Crippen LogP contribution is 2.20. The maximum Gasteiger partial charge on any atom is 0.303 e. The highest BCUT2D eigenvalue weighted by atomic mass is 16.5. The van der Waals surface area contributed by atoms with Gasteiger partial charge in [0.1, 0.15) is 5.75 Å². The molecule has 5 heteroatoms. The van der Waals surface area contributed by atoms with E-state index in [0.717, 1.165) is 5.75 Å². The van der Waals surface area contributed by atoms with Crippen LogP contribution in [0, 0.1) is 0 Å². The Balaban J connectivity index is 2.64. The van der Waals surface area contributed by atoms with Crippen molar-refractivity contribution in [3.63, 3.8) is 0 Å². The predicted molar refractivity (Wildman–Crippen MR) is 72.5 cm³/mol. The zero-order chi connectivity index (χ0) is 14.4. The second kappa shape index (κ2) is 6.78. The molecule has 0 radical (unpaired) electrons. The van der Waals surface area contributed by atoms with Crippen LogP contribution in [0.5, 0.6) is 5.75 Å². The molecule has 0 saturated heterocycles. The smallest absolute Gasteiger partial charge is 0.303 e. The van der Waals surface area contributed by atoms with Gasteiger partial charge < -0.3 is 14.7 Å². The number of amides is 1. The number of anilines is 1. The topological polar surface area (TPSA) is 66.8 Å². The summed E-state index contributed by atoms with van der Waals surface area (Å²) in [6.07, 6.45) is -0.0610. The van der Waals surface area contributed by atoms with Crippen molar-refractivity contribution < 1.29 is 19.4 Å². The van der Waals surface area contributed by atoms with Gasteiger partial charge in [-0.05, 0) is 38.1 Å². The second-order valence-electron chi connectivity index (χ2n) is 4.51. The van der Waals surface area contributed by atoms with Gasteiger partial charge in [-0.1, -0.05) is 0 Å². The lowest BCUT2D eigenvalue weighted by Gasteiger charge is -2.18. The number of carbonyl (C=O) groups excluding carboxylic acids is 1. The fourth-order valence-corrected chi connectivity index (χ4v) is 1.55. The van der Waals surface area contributed by atoms with E-state index >= 15 is 0 Å². The van der Waals surface area contributed by atoms with Gasteiger partial charge in [0.2, 0.25) is 5.91 Å². The number of ether oxygens (including phenoxy) is 1. The Morgan fingerprint density at radius 2 is 1.79 bits per heavy atom. The Kier molecular flexibility index (Phi) is 5.36. The minimum atomic E-state index is -0.970. The van der Waals surface area contributed by atoms with Crippen molar-refractivity contribution in [1.82, 2.24) is 0 Å². The van der Waals surface area contributed by atoms with Crippen LogP contribution in [0.2, 0.25) is 0 Å². The maximum absolute atomic E-state index is 11.7. The molecule has 0 aliphatic rings. The predicted octanol–water partition coefficient (Wildman–Crippen LogP) is 2.30. The van der Waals surface area contributed by atoms with Gasteiger partial charge >= 0.3 is 5.97 Å². The minimum Gasteiger partial charge on any atom is -0.491 e. The number of carboxylic acids is 1. The molecule has 1 rings (SSSR count). The van der Waals surface area contributed by atoms with Crippen LogP contribution in [0.25, 0.3) is 0 Å². The monoisotopic (exact) mass is 265 g/mol. The van der Waals surface area contributed by atoms with E-state index in [0.29, 0.717) is 5.69 Å². The number of hydrogen-bond donors (Lipinski definition) is 1. The van der Waals surface area contributed by atoms with E-state index in [1.54, 1.807) is 31.3 Å². The second-order valence-corrected chi connectivity index (χ2v) is 4.51. The summed E-state index contributed by atoms with van der Waals surface area (Å²) in [5.41, 5.74) is 0.714. The number of nitrogens with zero attached hydrogens (tertiary/aromatic N) is 1. The minimum absolute atomic E-state index is 0.00389. The molecule has 0 unspecified atom stereocenters. The van der Waals surface area contributed by atoms with E-state index < -0.39 is 5.97 Å². The average molecular weight is 265 g/mol. The Morgan fingerprint density at radius 3 is 2.26 bits per heavy atom. The van der Waals surface area contributed by atoms with E-state index in [1.807, 2.05) is 13.8 Å². The van der Waals surface area contributed by atoms with Crippen molar-refractivity contribution in [2.45, 2.75) is 32.8 Å². The molecule has 0 aliphatic carbocycles. The molecule has 0 aliphatic heterocycles. The number of hydrogen-bond acceptors (Lipinski definition) is 3. The third-order valence-corrected chi connectivity index (χ3v) is 2.52. The molecule has 0 spiro atoms. The van der Waals surface area contributed by atoms with Crippen molar-refractivity contribution >= 4 is 17.6 Å². The highest BCUT2D eigenvalue weighted by Gasteiger charge is 2.12. The van der Waals surface area contributed by atoms with Crippen LogP contribution in [0.1, 0.15) is 26.7 Å². The van der Waals surface area contributed by atoms with Crippen molar-refractivity contribution in [3.8, 4) is 5.75 Å². The zero-order valence-electron chi connectivity index (χ0n) is 11.4. The molecular formula is C14H19NO4. The molecule has 19 heavy (non-hydrogen) atoms. The van der Waals surface area contributed by atoms with Crippen molar-refractivity contribution in [2.75, 3.05) is 11.9 Å². The lowest BCUT2D eigenvalue weighted by Crippen LogP contribution is -2.26. The van der Waals surface area contributed by atoms with Gasteiger partial charge in [-0.25, -0.2) is 0 Å². The molecule has 1 aromatic carbocycles.